The van der Waals surface area contributed by atoms with E-state index in [2.05, 4.69) is 48.4 Å². The van der Waals surface area contributed by atoms with E-state index in [0.29, 0.717) is 34.8 Å². The summed E-state index contributed by atoms with van der Waals surface area (Å²) in [5.41, 5.74) is 5.14. The molecule has 0 unspecified atom stereocenters. The molecule has 6 aromatic heterocycles. The Balaban J connectivity index is 1.23. The van der Waals surface area contributed by atoms with Crippen LogP contribution in [0.3, 0.4) is 0 Å². The Hall–Kier alpha value is -4.02. The van der Waals surface area contributed by atoms with Crippen LogP contribution in [0.4, 0.5) is 4.39 Å². The van der Waals surface area contributed by atoms with Gasteiger partial charge in [0.05, 0.1) is 15.8 Å². The van der Waals surface area contributed by atoms with E-state index in [9.17, 15) is 0 Å². The van der Waals surface area contributed by atoms with Gasteiger partial charge in [0.15, 0.2) is 11.5 Å². The molecule has 10 heteroatoms. The lowest BCUT2D eigenvalue weighted by molar-refractivity contribution is 0.489. The van der Waals surface area contributed by atoms with E-state index in [4.69, 9.17) is 4.98 Å². The fraction of sp³-hybridized carbons (Fsp3) is 0.276. The molecule has 1 aliphatic rings. The number of pyridine rings is 3. The van der Waals surface area contributed by atoms with Crippen molar-refractivity contribution in [3.05, 3.63) is 65.3 Å². The fourth-order valence-corrected chi connectivity index (χ4v) is 6.35. The average molecular weight is 539 g/mol. The van der Waals surface area contributed by atoms with Crippen LogP contribution >= 0.6 is 11.3 Å². The third-order valence-corrected chi connectivity index (χ3v) is 8.48. The Labute approximate surface area is 228 Å². The van der Waals surface area contributed by atoms with Crippen LogP contribution in [0, 0.1) is 18.7 Å². The lowest BCUT2D eigenvalue weighted by Gasteiger charge is -2.11. The minimum Gasteiger partial charge on any atom is -0.337 e. The van der Waals surface area contributed by atoms with Crippen molar-refractivity contribution in [2.45, 2.75) is 39.2 Å². The molecule has 0 radical (unpaired) electrons. The number of hydrogen-bond donors (Lipinski definition) is 3. The molecule has 0 spiro atoms. The number of hydrogen-bond acceptors (Lipinski definition) is 7. The smallest absolute Gasteiger partial charge is 0.184 e. The zero-order valence-corrected chi connectivity index (χ0v) is 22.3. The van der Waals surface area contributed by atoms with E-state index in [1.54, 1.807) is 23.7 Å². The summed E-state index contributed by atoms with van der Waals surface area (Å²) >= 11 is 1.66. The van der Waals surface area contributed by atoms with E-state index in [-0.39, 0.29) is 5.39 Å². The van der Waals surface area contributed by atoms with Crippen LogP contribution < -0.4 is 5.32 Å². The second kappa shape index (κ2) is 9.94. The third-order valence-electron chi connectivity index (χ3n) is 7.47. The molecular weight excluding hydrogens is 511 g/mol. The number of halogens is 1. The summed E-state index contributed by atoms with van der Waals surface area (Å²) in [6, 6.07) is 7.95. The van der Waals surface area contributed by atoms with Gasteiger partial charge in [-0.25, -0.2) is 14.4 Å². The van der Waals surface area contributed by atoms with Gasteiger partial charge in [0, 0.05) is 47.3 Å². The second-order valence-corrected chi connectivity index (χ2v) is 11.5. The Morgan fingerprint density at radius 1 is 1.10 bits per heavy atom. The highest BCUT2D eigenvalue weighted by Gasteiger charge is 2.22. The lowest BCUT2D eigenvalue weighted by Crippen LogP contribution is -2.20. The number of H-pyrrole nitrogens is 2. The SMILES string of the molecule is Cc1ccc(-c2nccc3[nH]c(-c4[nH]nc5ncc(-c6cncc(CNCC7CCCC7)c6)c(F)c45)nc23)s1. The molecule has 39 heavy (non-hydrogen) atoms. The minimum absolute atomic E-state index is 0.290. The van der Waals surface area contributed by atoms with Crippen molar-refractivity contribution >= 4 is 33.4 Å². The maximum Gasteiger partial charge on any atom is 0.184 e. The molecule has 0 bridgehead atoms. The highest BCUT2D eigenvalue weighted by molar-refractivity contribution is 7.15. The zero-order chi connectivity index (χ0) is 26.3. The molecule has 1 saturated carbocycles. The quantitative estimate of drug-likeness (QED) is 0.217. The van der Waals surface area contributed by atoms with E-state index in [1.165, 1.54) is 36.8 Å². The van der Waals surface area contributed by atoms with Gasteiger partial charge in [0.2, 0.25) is 0 Å². The summed E-state index contributed by atoms with van der Waals surface area (Å²) in [4.78, 5) is 23.8. The third kappa shape index (κ3) is 4.49. The summed E-state index contributed by atoms with van der Waals surface area (Å²) in [5, 5.41) is 11.0. The molecule has 8 nitrogen and oxygen atoms in total. The van der Waals surface area contributed by atoms with E-state index < -0.39 is 5.82 Å². The molecular formula is C29H27FN8S. The summed E-state index contributed by atoms with van der Waals surface area (Å²) in [6.45, 7) is 3.77. The van der Waals surface area contributed by atoms with Crippen molar-refractivity contribution in [3.8, 4) is 33.2 Å². The molecule has 6 heterocycles. The summed E-state index contributed by atoms with van der Waals surface area (Å²) in [6.07, 6.45) is 12.0. The number of nitrogens with zero attached hydrogens (tertiary/aromatic N) is 5. The monoisotopic (exact) mass is 538 g/mol. The molecule has 3 N–H and O–H groups in total. The molecule has 196 valence electrons. The maximum absolute atomic E-state index is 16.1. The molecule has 1 aliphatic carbocycles. The number of imidazole rings is 1. The van der Waals surface area contributed by atoms with Crippen LogP contribution in [0.25, 0.3) is 55.3 Å². The fourth-order valence-electron chi connectivity index (χ4n) is 5.49. The van der Waals surface area contributed by atoms with Crippen LogP contribution in [-0.4, -0.2) is 41.7 Å². The van der Waals surface area contributed by atoms with Crippen LogP contribution in [0.15, 0.2) is 49.1 Å². The molecule has 0 amide bonds. The molecule has 0 atom stereocenters. The molecule has 0 saturated heterocycles. The van der Waals surface area contributed by atoms with Gasteiger partial charge in [0.1, 0.15) is 22.7 Å². The standard InChI is InChI=1S/C29H27FN8S/c1-16-6-7-22(39-16)26-25-21(8-9-33-26)35-29(36-25)27-23-24(30)20(15-34-28(23)38-37-27)19-10-18(13-32-14-19)12-31-11-17-4-2-3-5-17/h6-10,13-15,17,31H,2-5,11-12H2,1H3,(H,35,36)(H,34,37,38). The van der Waals surface area contributed by atoms with Crippen molar-refractivity contribution in [1.82, 2.24) is 40.4 Å². The first kappa shape index (κ1) is 24.1. The van der Waals surface area contributed by atoms with Gasteiger partial charge >= 0.3 is 0 Å². The van der Waals surface area contributed by atoms with E-state index in [0.717, 1.165) is 39.6 Å². The van der Waals surface area contributed by atoms with E-state index >= 15 is 4.39 Å². The number of thiophene rings is 1. The largest absolute Gasteiger partial charge is 0.337 e. The van der Waals surface area contributed by atoms with Gasteiger partial charge in [-0.1, -0.05) is 12.8 Å². The minimum atomic E-state index is -0.408. The highest BCUT2D eigenvalue weighted by atomic mass is 32.1. The first-order valence-electron chi connectivity index (χ1n) is 13.2. The van der Waals surface area contributed by atoms with Crippen molar-refractivity contribution in [1.29, 1.82) is 0 Å². The van der Waals surface area contributed by atoms with Gasteiger partial charge in [-0.3, -0.25) is 15.1 Å². The number of aryl methyl sites for hydroxylation is 1. The molecule has 0 aliphatic heterocycles. The first-order chi connectivity index (χ1) is 19.1. The highest BCUT2D eigenvalue weighted by Crippen LogP contribution is 2.35. The summed E-state index contributed by atoms with van der Waals surface area (Å²) < 4.78 is 16.1. The number of nitrogens with one attached hydrogen (secondary N) is 3. The van der Waals surface area contributed by atoms with Crippen LogP contribution in [0.5, 0.6) is 0 Å². The van der Waals surface area contributed by atoms with Gasteiger partial charge in [0.25, 0.3) is 0 Å². The van der Waals surface area contributed by atoms with Crippen LogP contribution in [-0.2, 0) is 6.54 Å². The molecule has 1 fully saturated rings. The molecule has 0 aromatic carbocycles. The number of fused-ring (bicyclic) bond motifs is 2. The Kier molecular flexibility index (Phi) is 6.13. The van der Waals surface area contributed by atoms with Crippen molar-refractivity contribution in [2.75, 3.05) is 6.54 Å². The van der Waals surface area contributed by atoms with Gasteiger partial charge < -0.3 is 10.3 Å². The van der Waals surface area contributed by atoms with E-state index in [1.807, 2.05) is 24.4 Å². The predicted octanol–water partition coefficient (Wildman–Crippen LogP) is 6.41. The Morgan fingerprint density at radius 2 is 2.00 bits per heavy atom. The van der Waals surface area contributed by atoms with Crippen molar-refractivity contribution in [2.24, 2.45) is 5.92 Å². The molecule has 7 rings (SSSR count). The maximum atomic E-state index is 16.1. The second-order valence-electron chi connectivity index (χ2n) is 10.2. The van der Waals surface area contributed by atoms with Gasteiger partial charge in [-0.2, -0.15) is 5.10 Å². The predicted molar refractivity (Wildman–Crippen MR) is 152 cm³/mol. The Bertz CT molecular complexity index is 1800. The van der Waals surface area contributed by atoms with Crippen molar-refractivity contribution in [3.63, 3.8) is 0 Å². The zero-order valence-electron chi connectivity index (χ0n) is 21.5. The first-order valence-corrected chi connectivity index (χ1v) is 14.0. The number of aromatic amines is 2. The Morgan fingerprint density at radius 3 is 2.85 bits per heavy atom. The van der Waals surface area contributed by atoms with Crippen LogP contribution in [0.1, 0.15) is 36.1 Å². The average Bonchev–Trinajstić information content (AvgIpc) is 3.75. The number of aromatic nitrogens is 7. The van der Waals surface area contributed by atoms with Crippen LogP contribution in [0.2, 0.25) is 0 Å². The topological polar surface area (TPSA) is 108 Å². The lowest BCUT2D eigenvalue weighted by atomic mass is 10.0. The number of rotatable bonds is 7. The van der Waals surface area contributed by atoms with Crippen molar-refractivity contribution < 1.29 is 4.39 Å². The summed E-state index contributed by atoms with van der Waals surface area (Å²) in [5.74, 6) is 0.828. The van der Waals surface area contributed by atoms with Gasteiger partial charge in [-0.05, 0) is 62.1 Å². The van der Waals surface area contributed by atoms with Gasteiger partial charge in [-0.15, -0.1) is 11.3 Å². The molecule has 6 aromatic rings. The summed E-state index contributed by atoms with van der Waals surface area (Å²) in [7, 11) is 0. The normalized spacial score (nSPS) is 14.2.